The Bertz CT molecular complexity index is 498. The third kappa shape index (κ3) is 2.84. The fraction of sp³-hybridized carbons (Fsp3) is 0.895. The minimum atomic E-state index is -0.580. The van der Waals surface area contributed by atoms with Gasteiger partial charge in [0.15, 0.2) is 0 Å². The minimum Gasteiger partial charge on any atom is -0.460 e. The molecule has 0 aromatic rings. The zero-order valence-corrected chi connectivity index (χ0v) is 14.6. The summed E-state index contributed by atoms with van der Waals surface area (Å²) >= 11 is 0. The molecule has 3 aliphatic rings. The van der Waals surface area contributed by atoms with Crippen molar-refractivity contribution < 1.29 is 19.4 Å². The molecule has 23 heavy (non-hydrogen) atoms. The molecule has 0 radical (unpaired) electrons. The van der Waals surface area contributed by atoms with Gasteiger partial charge in [-0.25, -0.2) is 4.79 Å². The molecule has 4 nitrogen and oxygen atoms in total. The summed E-state index contributed by atoms with van der Waals surface area (Å²) < 4.78 is 5.66. The van der Waals surface area contributed by atoms with E-state index in [0.717, 1.165) is 38.5 Å². The molecule has 0 aromatic heterocycles. The summed E-state index contributed by atoms with van der Waals surface area (Å²) in [7, 11) is 0. The number of carbonyl (C=O) groups excluding carboxylic acids is 2. The zero-order valence-electron chi connectivity index (χ0n) is 14.6. The van der Waals surface area contributed by atoms with Crippen LogP contribution in [0.15, 0.2) is 0 Å². The molecule has 130 valence electrons. The van der Waals surface area contributed by atoms with E-state index in [1.807, 2.05) is 0 Å². The van der Waals surface area contributed by atoms with Crippen LogP contribution in [0.3, 0.4) is 0 Å². The number of hydrogen-bond donors (Lipinski definition) is 1. The fourth-order valence-electron chi connectivity index (χ4n) is 5.68. The Morgan fingerprint density at radius 2 is 2.04 bits per heavy atom. The Balaban J connectivity index is 1.99. The van der Waals surface area contributed by atoms with Crippen molar-refractivity contribution >= 4 is 11.8 Å². The molecule has 0 spiro atoms. The molecule has 2 bridgehead atoms. The van der Waals surface area contributed by atoms with E-state index in [1.165, 1.54) is 0 Å². The molecule has 0 heterocycles. The molecule has 4 heteroatoms. The van der Waals surface area contributed by atoms with Gasteiger partial charge in [0.25, 0.3) is 0 Å². The number of rotatable bonds is 2. The summed E-state index contributed by atoms with van der Waals surface area (Å²) in [6.45, 7) is 6.21. The largest absolute Gasteiger partial charge is 0.460 e. The van der Waals surface area contributed by atoms with Crippen LogP contribution >= 0.6 is 0 Å². The van der Waals surface area contributed by atoms with Crippen LogP contribution in [0.1, 0.15) is 65.7 Å². The molecule has 0 aliphatic heterocycles. The smallest absolute Gasteiger partial charge is 0.332 e. The predicted molar refractivity (Wildman–Crippen MR) is 86.6 cm³/mol. The van der Waals surface area contributed by atoms with E-state index in [4.69, 9.17) is 9.84 Å². The van der Waals surface area contributed by atoms with Crippen LogP contribution in [0.2, 0.25) is 0 Å². The van der Waals surface area contributed by atoms with Crippen LogP contribution in [0.4, 0.5) is 0 Å². The van der Waals surface area contributed by atoms with E-state index in [2.05, 4.69) is 20.8 Å². The highest BCUT2D eigenvalue weighted by molar-refractivity contribution is 5.85. The van der Waals surface area contributed by atoms with Crippen LogP contribution in [0.25, 0.3) is 0 Å². The number of aliphatic hydroxyl groups excluding tert-OH is 1. The maximum Gasteiger partial charge on any atom is 0.332 e. The van der Waals surface area contributed by atoms with Gasteiger partial charge in [-0.15, -0.1) is 0 Å². The molecule has 3 rings (SSSR count). The first-order valence-electron chi connectivity index (χ1n) is 9.12. The standard InChI is InChI=1S/C19H30O4/c1-12-9-19-7-4-5-13(17(19)14(21)6-8-19)15(10-18(12,2)3)23-16(22)11-20/h12-13,15,17,20H,4-11H2,1-3H3/t12-,13?,15+,17?,19?/m0/s1. The SMILES string of the molecule is C[C@H]1CC23CCCC(C2C(=O)CC3)[C@H](OC(=O)CO)CC1(C)C. The Morgan fingerprint density at radius 3 is 2.74 bits per heavy atom. The lowest BCUT2D eigenvalue weighted by Gasteiger charge is -2.52. The number of carbonyl (C=O) groups is 2. The molecule has 0 aromatic carbocycles. The third-order valence-corrected chi connectivity index (χ3v) is 7.18. The summed E-state index contributed by atoms with van der Waals surface area (Å²) in [6.07, 6.45) is 6.59. The van der Waals surface area contributed by atoms with Gasteiger partial charge in [0.1, 0.15) is 18.5 Å². The van der Waals surface area contributed by atoms with E-state index in [1.54, 1.807) is 0 Å². The predicted octanol–water partition coefficient (Wildman–Crippen LogP) is 3.11. The first kappa shape index (κ1) is 16.9. The van der Waals surface area contributed by atoms with Crippen LogP contribution in [0.5, 0.6) is 0 Å². The number of aliphatic hydroxyl groups is 1. The molecule has 0 saturated heterocycles. The second kappa shape index (κ2) is 5.87. The Kier molecular flexibility index (Phi) is 4.33. The summed E-state index contributed by atoms with van der Waals surface area (Å²) in [5.74, 6) is 0.518. The van der Waals surface area contributed by atoms with Gasteiger partial charge in [-0.3, -0.25) is 4.79 Å². The van der Waals surface area contributed by atoms with Gasteiger partial charge < -0.3 is 9.84 Å². The van der Waals surface area contributed by atoms with Crippen molar-refractivity contribution in [2.45, 2.75) is 71.8 Å². The van der Waals surface area contributed by atoms with Gasteiger partial charge in [0.05, 0.1) is 0 Å². The fourth-order valence-corrected chi connectivity index (χ4v) is 5.68. The Morgan fingerprint density at radius 1 is 1.30 bits per heavy atom. The Labute approximate surface area is 139 Å². The molecular weight excluding hydrogens is 292 g/mol. The first-order valence-corrected chi connectivity index (χ1v) is 9.12. The average Bonchev–Trinajstić information content (AvgIpc) is 2.82. The van der Waals surface area contributed by atoms with Crippen molar-refractivity contribution in [2.24, 2.45) is 28.6 Å². The highest BCUT2D eigenvalue weighted by Gasteiger charge is 2.58. The second-order valence-corrected chi connectivity index (χ2v) is 8.85. The average molecular weight is 322 g/mol. The summed E-state index contributed by atoms with van der Waals surface area (Å²) in [5, 5.41) is 9.09. The molecule has 0 amide bonds. The minimum absolute atomic E-state index is 0.0614. The summed E-state index contributed by atoms with van der Waals surface area (Å²) in [6, 6.07) is 0. The van der Waals surface area contributed by atoms with E-state index < -0.39 is 12.6 Å². The van der Waals surface area contributed by atoms with Gasteiger partial charge in [0, 0.05) is 18.3 Å². The van der Waals surface area contributed by atoms with Crippen molar-refractivity contribution in [3.63, 3.8) is 0 Å². The van der Waals surface area contributed by atoms with Gasteiger partial charge in [-0.1, -0.05) is 27.2 Å². The van der Waals surface area contributed by atoms with Gasteiger partial charge >= 0.3 is 5.97 Å². The lowest BCUT2D eigenvalue weighted by atomic mass is 9.53. The van der Waals surface area contributed by atoms with Crippen molar-refractivity contribution in [1.82, 2.24) is 0 Å². The molecule has 1 N–H and O–H groups in total. The number of hydrogen-bond acceptors (Lipinski definition) is 4. The molecule has 3 unspecified atom stereocenters. The molecular formula is C19H30O4. The Hall–Kier alpha value is -0.900. The monoisotopic (exact) mass is 322 g/mol. The second-order valence-electron chi connectivity index (χ2n) is 8.85. The first-order chi connectivity index (χ1) is 10.8. The van der Waals surface area contributed by atoms with Crippen molar-refractivity contribution in [1.29, 1.82) is 0 Å². The maximum absolute atomic E-state index is 12.7. The topological polar surface area (TPSA) is 63.6 Å². The van der Waals surface area contributed by atoms with Crippen LogP contribution in [-0.2, 0) is 14.3 Å². The normalized spacial score (nSPS) is 42.5. The third-order valence-electron chi connectivity index (χ3n) is 7.18. The summed E-state index contributed by atoms with van der Waals surface area (Å²) in [5.41, 5.74) is 0.195. The van der Waals surface area contributed by atoms with Crippen LogP contribution in [0, 0.1) is 28.6 Å². The van der Waals surface area contributed by atoms with E-state index in [-0.39, 0.29) is 28.8 Å². The van der Waals surface area contributed by atoms with Crippen molar-refractivity contribution in [3.8, 4) is 0 Å². The molecule has 3 aliphatic carbocycles. The molecule has 3 saturated carbocycles. The highest BCUT2D eigenvalue weighted by Crippen LogP contribution is 2.61. The van der Waals surface area contributed by atoms with Crippen molar-refractivity contribution in [3.05, 3.63) is 0 Å². The zero-order chi connectivity index (χ0) is 16.8. The number of Topliss-reactive ketones (excluding diaryl/α,β-unsaturated/α-hetero) is 1. The number of esters is 1. The lowest BCUT2D eigenvalue weighted by Crippen LogP contribution is -2.50. The molecule has 5 atom stereocenters. The van der Waals surface area contributed by atoms with Crippen LogP contribution in [-0.4, -0.2) is 29.6 Å². The summed E-state index contributed by atoms with van der Waals surface area (Å²) in [4.78, 5) is 24.4. The van der Waals surface area contributed by atoms with Gasteiger partial charge in [0.2, 0.25) is 0 Å². The van der Waals surface area contributed by atoms with Crippen LogP contribution < -0.4 is 0 Å². The van der Waals surface area contributed by atoms with E-state index >= 15 is 0 Å². The molecule has 3 fully saturated rings. The van der Waals surface area contributed by atoms with E-state index in [9.17, 15) is 9.59 Å². The lowest BCUT2D eigenvalue weighted by molar-refractivity contribution is -0.167. The van der Waals surface area contributed by atoms with E-state index in [0.29, 0.717) is 18.1 Å². The van der Waals surface area contributed by atoms with Gasteiger partial charge in [-0.05, 0) is 48.9 Å². The van der Waals surface area contributed by atoms with Gasteiger partial charge in [-0.2, -0.15) is 0 Å². The van der Waals surface area contributed by atoms with Crippen molar-refractivity contribution in [2.75, 3.05) is 6.61 Å². The number of ketones is 1. The quantitative estimate of drug-likeness (QED) is 0.793. The maximum atomic E-state index is 12.7. The highest BCUT2D eigenvalue weighted by atomic mass is 16.6. The number of ether oxygens (including phenoxy) is 1.